The van der Waals surface area contributed by atoms with Crippen molar-refractivity contribution < 1.29 is 9.18 Å². The van der Waals surface area contributed by atoms with Gasteiger partial charge in [-0.05, 0) is 37.6 Å². The van der Waals surface area contributed by atoms with Crippen LogP contribution in [-0.4, -0.2) is 48.4 Å². The third-order valence-corrected chi connectivity index (χ3v) is 4.12. The molecule has 0 aliphatic carbocycles. The number of rotatable bonds is 3. The van der Waals surface area contributed by atoms with E-state index in [9.17, 15) is 9.18 Å². The molecule has 0 unspecified atom stereocenters. The molecule has 0 radical (unpaired) electrons. The summed E-state index contributed by atoms with van der Waals surface area (Å²) in [5.41, 5.74) is 6.32. The first kappa shape index (κ1) is 14.8. The topological polar surface area (TPSA) is 49.6 Å². The highest BCUT2D eigenvalue weighted by atomic mass is 19.1. The van der Waals surface area contributed by atoms with Gasteiger partial charge in [-0.25, -0.2) is 4.39 Å². The molecule has 110 valence electrons. The molecule has 1 saturated heterocycles. The van der Waals surface area contributed by atoms with Gasteiger partial charge in [0.25, 0.3) is 5.91 Å². The summed E-state index contributed by atoms with van der Waals surface area (Å²) in [4.78, 5) is 16.6. The maximum atomic E-state index is 13.0. The van der Waals surface area contributed by atoms with Crippen molar-refractivity contribution >= 4 is 11.6 Å². The summed E-state index contributed by atoms with van der Waals surface area (Å²) >= 11 is 0. The fraction of sp³-hybridized carbons (Fsp3) is 0.533. The number of hydrogen-bond acceptors (Lipinski definition) is 3. The molecule has 5 heteroatoms. The molecule has 0 spiro atoms. The van der Waals surface area contributed by atoms with Crippen LogP contribution in [0.3, 0.4) is 0 Å². The predicted molar refractivity (Wildman–Crippen MR) is 78.0 cm³/mol. The summed E-state index contributed by atoms with van der Waals surface area (Å²) in [5, 5.41) is 0. The van der Waals surface area contributed by atoms with Crippen LogP contribution in [0.1, 0.15) is 30.1 Å². The molecule has 0 atom stereocenters. The molecule has 1 fully saturated rings. The largest absolute Gasteiger partial charge is 0.398 e. The lowest BCUT2D eigenvalue weighted by Crippen LogP contribution is -2.45. The van der Waals surface area contributed by atoms with Crippen LogP contribution in [0.15, 0.2) is 18.2 Å². The number of likely N-dealkylation sites (tertiary alicyclic amines) is 1. The van der Waals surface area contributed by atoms with E-state index in [-0.39, 0.29) is 17.6 Å². The minimum Gasteiger partial charge on any atom is -0.398 e. The zero-order chi connectivity index (χ0) is 14.7. The highest BCUT2D eigenvalue weighted by Gasteiger charge is 2.26. The first-order valence-corrected chi connectivity index (χ1v) is 7.07. The highest BCUT2D eigenvalue weighted by Crippen LogP contribution is 2.20. The Hall–Kier alpha value is -1.62. The Morgan fingerprint density at radius 1 is 1.45 bits per heavy atom. The van der Waals surface area contributed by atoms with E-state index in [1.807, 2.05) is 0 Å². The molecule has 0 aromatic heterocycles. The van der Waals surface area contributed by atoms with Crippen molar-refractivity contribution in [1.82, 2.24) is 9.80 Å². The van der Waals surface area contributed by atoms with Gasteiger partial charge in [0.15, 0.2) is 0 Å². The lowest BCUT2D eigenvalue weighted by atomic mass is 10.0. The summed E-state index contributed by atoms with van der Waals surface area (Å²) in [5.74, 6) is -0.546. The van der Waals surface area contributed by atoms with Crippen molar-refractivity contribution in [3.05, 3.63) is 29.6 Å². The molecule has 1 amide bonds. The van der Waals surface area contributed by atoms with E-state index < -0.39 is 5.82 Å². The Kier molecular flexibility index (Phi) is 4.60. The molecular weight excluding hydrogens is 257 g/mol. The summed E-state index contributed by atoms with van der Waals surface area (Å²) < 4.78 is 13.0. The van der Waals surface area contributed by atoms with Crippen molar-refractivity contribution in [2.24, 2.45) is 0 Å². The van der Waals surface area contributed by atoms with E-state index in [0.717, 1.165) is 32.5 Å². The van der Waals surface area contributed by atoms with Crippen LogP contribution in [0.5, 0.6) is 0 Å². The second kappa shape index (κ2) is 6.22. The number of halogens is 1. The molecule has 4 nitrogen and oxygen atoms in total. The van der Waals surface area contributed by atoms with Crippen molar-refractivity contribution in [2.75, 3.05) is 32.4 Å². The lowest BCUT2D eigenvalue weighted by molar-refractivity contribution is 0.0648. The molecule has 20 heavy (non-hydrogen) atoms. The standard InChI is InChI=1S/C15H22FN3O/c1-3-19-8-6-12(7-9-19)18(2)15(20)13-5-4-11(16)10-14(13)17/h4-5,10,12H,3,6-9,17H2,1-2H3. The number of piperidine rings is 1. The van der Waals surface area contributed by atoms with Crippen molar-refractivity contribution in [1.29, 1.82) is 0 Å². The molecule has 2 N–H and O–H groups in total. The first-order valence-electron chi connectivity index (χ1n) is 7.07. The Labute approximate surface area is 119 Å². The number of hydrogen-bond donors (Lipinski definition) is 1. The van der Waals surface area contributed by atoms with Gasteiger partial charge >= 0.3 is 0 Å². The van der Waals surface area contributed by atoms with Gasteiger partial charge in [-0.1, -0.05) is 6.92 Å². The van der Waals surface area contributed by atoms with E-state index in [1.165, 1.54) is 18.2 Å². The van der Waals surface area contributed by atoms with E-state index in [0.29, 0.717) is 5.56 Å². The van der Waals surface area contributed by atoms with Crippen LogP contribution in [0, 0.1) is 5.82 Å². The Morgan fingerprint density at radius 2 is 2.10 bits per heavy atom. The van der Waals surface area contributed by atoms with Gasteiger partial charge in [-0.2, -0.15) is 0 Å². The fourth-order valence-corrected chi connectivity index (χ4v) is 2.71. The van der Waals surface area contributed by atoms with E-state index >= 15 is 0 Å². The lowest BCUT2D eigenvalue weighted by Gasteiger charge is -2.36. The Balaban J connectivity index is 2.05. The van der Waals surface area contributed by atoms with Gasteiger partial charge in [0.05, 0.1) is 5.56 Å². The molecule has 1 aromatic carbocycles. The van der Waals surface area contributed by atoms with Gasteiger partial charge < -0.3 is 15.5 Å². The average Bonchev–Trinajstić information content (AvgIpc) is 2.46. The van der Waals surface area contributed by atoms with Crippen LogP contribution in [-0.2, 0) is 0 Å². The van der Waals surface area contributed by atoms with Crippen molar-refractivity contribution in [3.63, 3.8) is 0 Å². The number of anilines is 1. The van der Waals surface area contributed by atoms with Crippen LogP contribution < -0.4 is 5.73 Å². The van der Waals surface area contributed by atoms with Crippen LogP contribution in [0.2, 0.25) is 0 Å². The second-order valence-corrected chi connectivity index (χ2v) is 5.31. The molecule has 0 saturated carbocycles. The van der Waals surface area contributed by atoms with Crippen molar-refractivity contribution in [3.8, 4) is 0 Å². The quantitative estimate of drug-likeness (QED) is 0.861. The summed E-state index contributed by atoms with van der Waals surface area (Å²) in [7, 11) is 1.80. The number of nitrogens with two attached hydrogens (primary N) is 1. The number of nitrogen functional groups attached to an aromatic ring is 1. The maximum absolute atomic E-state index is 13.0. The number of nitrogens with zero attached hydrogens (tertiary/aromatic N) is 2. The zero-order valence-electron chi connectivity index (χ0n) is 12.1. The predicted octanol–water partition coefficient (Wildman–Crippen LogP) is 1.96. The number of amides is 1. The van der Waals surface area contributed by atoms with E-state index in [4.69, 9.17) is 5.73 Å². The molecule has 1 aliphatic heterocycles. The molecule has 1 heterocycles. The third-order valence-electron chi connectivity index (χ3n) is 4.12. The van der Waals surface area contributed by atoms with Gasteiger partial charge in [-0.3, -0.25) is 4.79 Å². The van der Waals surface area contributed by atoms with Gasteiger partial charge in [0.2, 0.25) is 0 Å². The monoisotopic (exact) mass is 279 g/mol. The van der Waals surface area contributed by atoms with Crippen LogP contribution in [0.25, 0.3) is 0 Å². The Morgan fingerprint density at radius 3 is 2.65 bits per heavy atom. The smallest absolute Gasteiger partial charge is 0.255 e. The normalized spacial score (nSPS) is 17.1. The zero-order valence-corrected chi connectivity index (χ0v) is 12.1. The minimum absolute atomic E-state index is 0.127. The van der Waals surface area contributed by atoms with Gasteiger partial charge in [0.1, 0.15) is 5.82 Å². The summed E-state index contributed by atoms with van der Waals surface area (Å²) in [6.45, 7) is 5.22. The van der Waals surface area contributed by atoms with Gasteiger partial charge in [-0.15, -0.1) is 0 Å². The molecule has 0 bridgehead atoms. The highest BCUT2D eigenvalue weighted by molar-refractivity contribution is 5.99. The van der Waals surface area contributed by atoms with Crippen LogP contribution in [0.4, 0.5) is 10.1 Å². The summed E-state index contributed by atoms with van der Waals surface area (Å²) in [6.07, 6.45) is 1.94. The molecule has 2 rings (SSSR count). The SMILES string of the molecule is CCN1CCC(N(C)C(=O)c2ccc(F)cc2N)CC1. The second-order valence-electron chi connectivity index (χ2n) is 5.31. The minimum atomic E-state index is -0.419. The third kappa shape index (κ3) is 3.10. The average molecular weight is 279 g/mol. The van der Waals surface area contributed by atoms with Gasteiger partial charge in [0, 0.05) is 31.9 Å². The van der Waals surface area contributed by atoms with Crippen LogP contribution >= 0.6 is 0 Å². The van der Waals surface area contributed by atoms with E-state index in [1.54, 1.807) is 11.9 Å². The number of carbonyl (C=O) groups excluding carboxylic acids is 1. The van der Waals surface area contributed by atoms with Crippen molar-refractivity contribution in [2.45, 2.75) is 25.8 Å². The number of carbonyl (C=O) groups is 1. The summed E-state index contributed by atoms with van der Waals surface area (Å²) in [6, 6.07) is 4.16. The molecule has 1 aliphatic rings. The van der Waals surface area contributed by atoms with E-state index in [2.05, 4.69) is 11.8 Å². The fourth-order valence-electron chi connectivity index (χ4n) is 2.71. The molecular formula is C15H22FN3O. The Bertz CT molecular complexity index is 484. The first-order chi connectivity index (χ1) is 9.52. The molecule has 1 aromatic rings. The maximum Gasteiger partial charge on any atom is 0.255 e. The number of benzene rings is 1.